The highest BCUT2D eigenvalue weighted by molar-refractivity contribution is 8.00. The van der Waals surface area contributed by atoms with Crippen molar-refractivity contribution in [3.63, 3.8) is 0 Å². The van der Waals surface area contributed by atoms with Gasteiger partial charge in [-0.3, -0.25) is 14.5 Å². The van der Waals surface area contributed by atoms with Gasteiger partial charge in [-0.2, -0.15) is 9.36 Å². The van der Waals surface area contributed by atoms with Gasteiger partial charge in [-0.25, -0.2) is 9.36 Å². The Bertz CT molecular complexity index is 1330. The van der Waals surface area contributed by atoms with Crippen molar-refractivity contribution >= 4 is 57.9 Å². The standard InChI is InChI=1S/C21H21N7O7S2/c1-21(2,19(33)34)35-25-11(14-24-20(22)37-26-14)15(29)23-12-16(30)28-13(18(31)32)10(9-36-17(12)28)8-27-6-4-3-5-7-27/h3-7,12,17H,8-9H2,1-2H3,(H4-,22,23,24,26,29,31,32,33,34)/t12?,17-/m1/s1. The summed E-state index contributed by atoms with van der Waals surface area (Å²) in [5.41, 5.74) is 3.58. The van der Waals surface area contributed by atoms with Crippen molar-refractivity contribution in [2.45, 2.75) is 37.4 Å². The Labute approximate surface area is 218 Å². The van der Waals surface area contributed by atoms with Crippen molar-refractivity contribution in [3.05, 3.63) is 47.7 Å². The van der Waals surface area contributed by atoms with Crippen molar-refractivity contribution in [1.82, 2.24) is 19.6 Å². The number of hydrogen-bond donors (Lipinski definition) is 3. The number of carboxylic acid groups (broad SMARTS) is 2. The number of nitrogen functional groups attached to an aromatic ring is 1. The average molecular weight is 548 g/mol. The second kappa shape index (κ2) is 10.1. The maximum Gasteiger partial charge on any atom is 0.350 e. The number of fused-ring (bicyclic) bond motifs is 1. The van der Waals surface area contributed by atoms with Crippen LogP contribution in [0.1, 0.15) is 19.7 Å². The zero-order chi connectivity index (χ0) is 26.9. The molecule has 1 unspecified atom stereocenters. The molecule has 2 aromatic rings. The first kappa shape index (κ1) is 26.0. The van der Waals surface area contributed by atoms with Gasteiger partial charge in [0, 0.05) is 35.0 Å². The molecule has 0 aliphatic carbocycles. The SMILES string of the molecule is CC(C)(ON=C(C(=O)NC1C(=O)N2C(C(=O)[O-])=C(C[n+]3ccccc3)CS[C@H]12)c1nsc(N)n1)C(=O)O. The Morgan fingerprint density at radius 2 is 2.05 bits per heavy atom. The predicted molar refractivity (Wildman–Crippen MR) is 127 cm³/mol. The summed E-state index contributed by atoms with van der Waals surface area (Å²) < 4.78 is 5.68. The zero-order valence-electron chi connectivity index (χ0n) is 19.5. The molecule has 0 aromatic carbocycles. The third-order valence-electron chi connectivity index (χ3n) is 5.43. The largest absolute Gasteiger partial charge is 0.543 e. The van der Waals surface area contributed by atoms with E-state index in [0.29, 0.717) is 5.57 Å². The van der Waals surface area contributed by atoms with Gasteiger partial charge < -0.3 is 30.9 Å². The highest BCUT2D eigenvalue weighted by atomic mass is 32.2. The molecule has 1 saturated heterocycles. The van der Waals surface area contributed by atoms with Gasteiger partial charge in [0.2, 0.25) is 17.1 Å². The molecule has 0 radical (unpaired) electrons. The monoisotopic (exact) mass is 547 g/mol. The number of rotatable bonds is 9. The molecule has 2 aliphatic rings. The van der Waals surface area contributed by atoms with Crippen LogP contribution in [0.15, 0.2) is 47.0 Å². The van der Waals surface area contributed by atoms with Crippen LogP contribution in [0.3, 0.4) is 0 Å². The Hall–Kier alpha value is -4.05. The molecule has 2 amide bonds. The second-order valence-corrected chi connectivity index (χ2v) is 10.3. The van der Waals surface area contributed by atoms with Crippen LogP contribution in [-0.4, -0.2) is 71.6 Å². The Balaban J connectivity index is 1.55. The van der Waals surface area contributed by atoms with Crippen LogP contribution in [0.25, 0.3) is 0 Å². The minimum Gasteiger partial charge on any atom is -0.543 e. The first-order valence-electron chi connectivity index (χ1n) is 10.7. The summed E-state index contributed by atoms with van der Waals surface area (Å²) >= 11 is 2.05. The maximum absolute atomic E-state index is 13.1. The number of carboxylic acids is 2. The fraction of sp³-hybridized carbons (Fsp3) is 0.333. The lowest BCUT2D eigenvalue weighted by atomic mass is 10.0. The number of amides is 2. The lowest BCUT2D eigenvalue weighted by molar-refractivity contribution is -0.689. The van der Waals surface area contributed by atoms with E-state index in [1.807, 2.05) is 6.07 Å². The lowest BCUT2D eigenvalue weighted by Crippen LogP contribution is -2.71. The number of pyridine rings is 1. The second-order valence-electron chi connectivity index (χ2n) is 8.45. The number of thioether (sulfide) groups is 1. The predicted octanol–water partition coefficient (Wildman–Crippen LogP) is -1.90. The minimum absolute atomic E-state index is 0.0225. The summed E-state index contributed by atoms with van der Waals surface area (Å²) in [6.45, 7) is 2.69. The molecule has 2 atom stereocenters. The molecular formula is C21H21N7O7S2. The number of carbonyl (C=O) groups excluding carboxylic acids is 3. The number of nitrogens with two attached hydrogens (primary N) is 1. The maximum atomic E-state index is 13.1. The number of carbonyl (C=O) groups is 4. The van der Waals surface area contributed by atoms with Crippen molar-refractivity contribution in [2.24, 2.45) is 5.16 Å². The highest BCUT2D eigenvalue weighted by Gasteiger charge is 2.53. The highest BCUT2D eigenvalue weighted by Crippen LogP contribution is 2.40. The lowest BCUT2D eigenvalue weighted by Gasteiger charge is -2.50. The van der Waals surface area contributed by atoms with Gasteiger partial charge in [0.1, 0.15) is 11.4 Å². The van der Waals surface area contributed by atoms with Crippen LogP contribution >= 0.6 is 23.3 Å². The summed E-state index contributed by atoms with van der Waals surface area (Å²) in [6.07, 6.45) is 3.54. The van der Waals surface area contributed by atoms with Crippen molar-refractivity contribution in [3.8, 4) is 0 Å². The van der Waals surface area contributed by atoms with E-state index in [-0.39, 0.29) is 29.0 Å². The summed E-state index contributed by atoms with van der Waals surface area (Å²) in [5, 5.41) is 26.7. The summed E-state index contributed by atoms with van der Waals surface area (Å²) in [7, 11) is 0. The number of nitrogens with zero attached hydrogens (tertiary/aromatic N) is 5. The summed E-state index contributed by atoms with van der Waals surface area (Å²) in [4.78, 5) is 59.4. The number of aliphatic carboxylic acids is 2. The molecule has 37 heavy (non-hydrogen) atoms. The molecule has 1 fully saturated rings. The van der Waals surface area contributed by atoms with Gasteiger partial charge in [0.25, 0.3) is 11.8 Å². The molecule has 4 rings (SSSR count). The molecule has 16 heteroatoms. The third-order valence-corrected chi connectivity index (χ3v) is 7.31. The molecule has 2 aliphatic heterocycles. The number of aromatic nitrogens is 3. The van der Waals surface area contributed by atoms with Crippen molar-refractivity contribution < 1.29 is 38.8 Å². The number of anilines is 1. The van der Waals surface area contributed by atoms with Crippen LogP contribution in [0.2, 0.25) is 0 Å². The Morgan fingerprint density at radius 3 is 2.65 bits per heavy atom. The van der Waals surface area contributed by atoms with Gasteiger partial charge in [-0.1, -0.05) is 11.2 Å². The van der Waals surface area contributed by atoms with E-state index in [4.69, 9.17) is 10.6 Å². The average Bonchev–Trinajstić information content (AvgIpc) is 3.28. The molecule has 0 bridgehead atoms. The minimum atomic E-state index is -1.78. The smallest absolute Gasteiger partial charge is 0.350 e. The number of β-lactam (4-membered cyclic amide) rings is 1. The molecule has 2 aromatic heterocycles. The van der Waals surface area contributed by atoms with E-state index in [1.54, 1.807) is 29.1 Å². The molecule has 194 valence electrons. The number of oxime groups is 1. The van der Waals surface area contributed by atoms with Gasteiger partial charge >= 0.3 is 5.97 Å². The normalized spacial score (nSPS) is 19.7. The van der Waals surface area contributed by atoms with Crippen LogP contribution in [0.4, 0.5) is 5.13 Å². The van der Waals surface area contributed by atoms with Gasteiger partial charge in [0.15, 0.2) is 24.1 Å². The number of hydrogen-bond acceptors (Lipinski definition) is 12. The van der Waals surface area contributed by atoms with Crippen LogP contribution in [0.5, 0.6) is 0 Å². The van der Waals surface area contributed by atoms with Crippen molar-refractivity contribution in [1.29, 1.82) is 0 Å². The van der Waals surface area contributed by atoms with E-state index in [0.717, 1.165) is 16.4 Å². The van der Waals surface area contributed by atoms with Gasteiger partial charge in [-0.15, -0.1) is 11.8 Å². The topological polar surface area (TPSA) is 204 Å². The molecule has 4 heterocycles. The molecule has 4 N–H and O–H groups in total. The molecular weight excluding hydrogens is 526 g/mol. The van der Waals surface area contributed by atoms with Crippen LogP contribution in [-0.2, 0) is 30.6 Å². The fourth-order valence-electron chi connectivity index (χ4n) is 3.48. The van der Waals surface area contributed by atoms with Crippen molar-refractivity contribution in [2.75, 3.05) is 11.5 Å². The molecule has 0 saturated carbocycles. The van der Waals surface area contributed by atoms with E-state index >= 15 is 0 Å². The number of nitrogens with one attached hydrogen (secondary N) is 1. The Morgan fingerprint density at radius 1 is 1.35 bits per heavy atom. The van der Waals surface area contributed by atoms with Gasteiger partial charge in [-0.05, 0) is 13.8 Å². The summed E-state index contributed by atoms with van der Waals surface area (Å²) in [6, 6.07) is 4.32. The van der Waals surface area contributed by atoms with E-state index < -0.39 is 46.5 Å². The van der Waals surface area contributed by atoms with Gasteiger partial charge in [0.05, 0.1) is 11.7 Å². The fourth-order valence-corrected chi connectivity index (χ4v) is 5.25. The quantitative estimate of drug-likeness (QED) is 0.137. The molecule has 0 spiro atoms. The Kier molecular flexibility index (Phi) is 7.13. The van der Waals surface area contributed by atoms with Crippen LogP contribution < -0.4 is 20.7 Å². The first-order chi connectivity index (χ1) is 17.5. The first-order valence-corrected chi connectivity index (χ1v) is 12.5. The van der Waals surface area contributed by atoms with E-state index in [9.17, 15) is 29.4 Å². The third kappa shape index (κ3) is 5.24. The molecule has 14 nitrogen and oxygen atoms in total. The zero-order valence-corrected chi connectivity index (χ0v) is 21.1. The summed E-state index contributed by atoms with van der Waals surface area (Å²) in [5.74, 6) is -4.36. The van der Waals surface area contributed by atoms with E-state index in [2.05, 4.69) is 19.8 Å². The van der Waals surface area contributed by atoms with Crippen LogP contribution in [0, 0.1) is 0 Å². The van der Waals surface area contributed by atoms with E-state index in [1.165, 1.54) is 25.6 Å².